The van der Waals surface area contributed by atoms with E-state index in [1.54, 1.807) is 25.6 Å². The summed E-state index contributed by atoms with van der Waals surface area (Å²) in [5.41, 5.74) is 1.03. The average Bonchev–Trinajstić information content (AvgIpc) is 2.36. The summed E-state index contributed by atoms with van der Waals surface area (Å²) in [7, 11) is 3.28. The Morgan fingerprint density at radius 2 is 2.11 bits per heavy atom. The normalized spacial score (nSPS) is 10.4. The van der Waals surface area contributed by atoms with E-state index in [1.165, 1.54) is 0 Å². The van der Waals surface area contributed by atoms with E-state index in [2.05, 4.69) is 17.2 Å². The van der Waals surface area contributed by atoms with Crippen LogP contribution in [0, 0.1) is 6.92 Å². The molecule has 0 fully saturated rings. The molecule has 1 aromatic heterocycles. The number of carbonyl (C=O) groups is 1. The van der Waals surface area contributed by atoms with Gasteiger partial charge in [0.05, 0.1) is 6.42 Å². The third kappa shape index (κ3) is 3.18. The maximum atomic E-state index is 12.2. The first-order chi connectivity index (χ1) is 8.51. The average molecular weight is 251 g/mol. The molecule has 0 saturated carbocycles. The highest BCUT2D eigenvalue weighted by atomic mass is 16.2. The van der Waals surface area contributed by atoms with E-state index >= 15 is 0 Å². The highest BCUT2D eigenvalue weighted by Gasteiger charge is 2.14. The van der Waals surface area contributed by atoms with Crippen molar-refractivity contribution in [1.82, 2.24) is 14.9 Å². The fourth-order valence-corrected chi connectivity index (χ4v) is 1.82. The van der Waals surface area contributed by atoms with Crippen LogP contribution in [0.5, 0.6) is 0 Å². The maximum absolute atomic E-state index is 12.2. The van der Waals surface area contributed by atoms with Crippen LogP contribution in [0.3, 0.4) is 0 Å². The second kappa shape index (κ2) is 6.33. The van der Waals surface area contributed by atoms with E-state index in [0.717, 1.165) is 25.1 Å². The molecule has 0 spiro atoms. The van der Waals surface area contributed by atoms with Crippen molar-refractivity contribution in [2.75, 3.05) is 7.05 Å². The van der Waals surface area contributed by atoms with Crippen LogP contribution in [0.2, 0.25) is 0 Å². The molecule has 0 aliphatic carbocycles. The molecule has 5 heteroatoms. The first kappa shape index (κ1) is 14.4. The van der Waals surface area contributed by atoms with Gasteiger partial charge in [0.25, 0.3) is 5.56 Å². The smallest absolute Gasteiger partial charge is 0.257 e. The van der Waals surface area contributed by atoms with Gasteiger partial charge in [-0.25, -0.2) is 4.98 Å². The van der Waals surface area contributed by atoms with Crippen molar-refractivity contribution in [2.45, 2.75) is 39.5 Å². The van der Waals surface area contributed by atoms with Gasteiger partial charge in [-0.2, -0.15) is 0 Å². The van der Waals surface area contributed by atoms with Gasteiger partial charge in [0.15, 0.2) is 0 Å². The predicted octanol–water partition coefficient (Wildman–Crippen LogP) is 0.720. The van der Waals surface area contributed by atoms with E-state index in [-0.39, 0.29) is 17.9 Å². The summed E-state index contributed by atoms with van der Waals surface area (Å²) in [5.74, 6) is 0.623. The molecule has 1 N–H and O–H groups in total. The van der Waals surface area contributed by atoms with Crippen LogP contribution < -0.4 is 10.9 Å². The summed E-state index contributed by atoms with van der Waals surface area (Å²) in [6.07, 6.45) is 2.96. The van der Waals surface area contributed by atoms with Crippen molar-refractivity contribution in [1.29, 1.82) is 0 Å². The Kier molecular flexibility index (Phi) is 5.07. The second-order valence-electron chi connectivity index (χ2n) is 4.41. The number of likely N-dealkylation sites (N-methyl/N-ethyl adjacent to an activating group) is 1. The minimum atomic E-state index is -0.168. The Morgan fingerprint density at radius 3 is 2.67 bits per heavy atom. The Labute approximate surface area is 107 Å². The number of hydrogen-bond acceptors (Lipinski definition) is 3. The molecule has 1 aromatic rings. The topological polar surface area (TPSA) is 64.0 Å². The fraction of sp³-hybridized carbons (Fsp3) is 0.615. The van der Waals surface area contributed by atoms with Crippen molar-refractivity contribution in [2.24, 2.45) is 7.05 Å². The van der Waals surface area contributed by atoms with Crippen molar-refractivity contribution in [3.63, 3.8) is 0 Å². The number of carbonyl (C=O) groups excluding carboxylic acids is 1. The van der Waals surface area contributed by atoms with Crippen LogP contribution >= 0.6 is 0 Å². The molecule has 0 aliphatic rings. The number of nitrogens with zero attached hydrogens (tertiary/aromatic N) is 2. The summed E-state index contributed by atoms with van der Waals surface area (Å²) >= 11 is 0. The molecule has 0 atom stereocenters. The van der Waals surface area contributed by atoms with Gasteiger partial charge in [-0.15, -0.1) is 0 Å². The number of aromatic nitrogens is 2. The fourth-order valence-electron chi connectivity index (χ4n) is 1.82. The SMILES string of the molecule is CCCCc1nc(C)c(CC(=O)NC)c(=O)n1C. The van der Waals surface area contributed by atoms with Gasteiger partial charge in [0, 0.05) is 31.8 Å². The third-order valence-electron chi connectivity index (χ3n) is 3.05. The van der Waals surface area contributed by atoms with Crippen LogP contribution in [-0.4, -0.2) is 22.5 Å². The molecular weight excluding hydrogens is 230 g/mol. The van der Waals surface area contributed by atoms with Gasteiger partial charge in [-0.05, 0) is 13.3 Å². The monoisotopic (exact) mass is 251 g/mol. The van der Waals surface area contributed by atoms with Crippen molar-refractivity contribution in [3.8, 4) is 0 Å². The number of unbranched alkanes of at least 4 members (excludes halogenated alkanes) is 1. The molecule has 0 aromatic carbocycles. The number of rotatable bonds is 5. The third-order valence-corrected chi connectivity index (χ3v) is 3.05. The summed E-state index contributed by atoms with van der Waals surface area (Å²) in [4.78, 5) is 28.0. The summed E-state index contributed by atoms with van der Waals surface area (Å²) in [6, 6.07) is 0. The van der Waals surface area contributed by atoms with Crippen LogP contribution in [-0.2, 0) is 24.7 Å². The molecule has 0 radical (unpaired) electrons. The van der Waals surface area contributed by atoms with E-state index < -0.39 is 0 Å². The summed E-state index contributed by atoms with van der Waals surface area (Å²) in [6.45, 7) is 3.89. The molecule has 100 valence electrons. The molecule has 0 aliphatic heterocycles. The van der Waals surface area contributed by atoms with Gasteiger partial charge in [0.2, 0.25) is 5.91 Å². The number of aryl methyl sites for hydroxylation is 2. The Balaban J connectivity index is 3.12. The molecule has 0 saturated heterocycles. The lowest BCUT2D eigenvalue weighted by molar-refractivity contribution is -0.120. The van der Waals surface area contributed by atoms with Crippen LogP contribution in [0.4, 0.5) is 0 Å². The minimum absolute atomic E-state index is 0.0933. The molecule has 1 amide bonds. The lowest BCUT2D eigenvalue weighted by atomic mass is 10.1. The standard InChI is InChI=1S/C13H21N3O2/c1-5-6-7-11-15-9(2)10(8-12(17)14-3)13(18)16(11)4/h5-8H2,1-4H3,(H,14,17). The molecule has 0 unspecified atom stereocenters. The predicted molar refractivity (Wildman–Crippen MR) is 70.6 cm³/mol. The first-order valence-corrected chi connectivity index (χ1v) is 6.27. The van der Waals surface area contributed by atoms with Crippen molar-refractivity contribution < 1.29 is 4.79 Å². The van der Waals surface area contributed by atoms with Gasteiger partial charge >= 0.3 is 0 Å². The van der Waals surface area contributed by atoms with E-state index in [0.29, 0.717) is 11.3 Å². The second-order valence-corrected chi connectivity index (χ2v) is 4.41. The minimum Gasteiger partial charge on any atom is -0.359 e. The Hall–Kier alpha value is -1.65. The maximum Gasteiger partial charge on any atom is 0.257 e. The Morgan fingerprint density at radius 1 is 1.44 bits per heavy atom. The Bertz CT molecular complexity index is 492. The lowest BCUT2D eigenvalue weighted by Crippen LogP contribution is -2.31. The zero-order valence-electron chi connectivity index (χ0n) is 11.5. The van der Waals surface area contributed by atoms with Gasteiger partial charge in [-0.3, -0.25) is 14.2 Å². The molecule has 0 bridgehead atoms. The van der Waals surface area contributed by atoms with Crippen molar-refractivity contribution >= 4 is 5.91 Å². The highest BCUT2D eigenvalue weighted by Crippen LogP contribution is 2.05. The molecule has 5 nitrogen and oxygen atoms in total. The molecule has 1 rings (SSSR count). The molecular formula is C13H21N3O2. The van der Waals surface area contributed by atoms with Crippen LogP contribution in [0.25, 0.3) is 0 Å². The van der Waals surface area contributed by atoms with Crippen LogP contribution in [0.1, 0.15) is 36.8 Å². The van der Waals surface area contributed by atoms with Crippen LogP contribution in [0.15, 0.2) is 4.79 Å². The zero-order valence-corrected chi connectivity index (χ0v) is 11.5. The summed E-state index contributed by atoms with van der Waals surface area (Å²) < 4.78 is 1.56. The number of nitrogens with one attached hydrogen (secondary N) is 1. The van der Waals surface area contributed by atoms with E-state index in [4.69, 9.17) is 0 Å². The van der Waals surface area contributed by atoms with E-state index in [1.807, 2.05) is 0 Å². The quantitative estimate of drug-likeness (QED) is 0.838. The number of hydrogen-bond donors (Lipinski definition) is 1. The van der Waals surface area contributed by atoms with Gasteiger partial charge in [0.1, 0.15) is 5.82 Å². The van der Waals surface area contributed by atoms with Gasteiger partial charge in [-0.1, -0.05) is 13.3 Å². The first-order valence-electron chi connectivity index (χ1n) is 6.27. The largest absolute Gasteiger partial charge is 0.359 e. The van der Waals surface area contributed by atoms with Gasteiger partial charge < -0.3 is 5.32 Å². The van der Waals surface area contributed by atoms with E-state index in [9.17, 15) is 9.59 Å². The zero-order chi connectivity index (χ0) is 13.7. The lowest BCUT2D eigenvalue weighted by Gasteiger charge is -2.11. The highest BCUT2D eigenvalue weighted by molar-refractivity contribution is 5.78. The number of amides is 1. The molecule has 18 heavy (non-hydrogen) atoms. The van der Waals surface area contributed by atoms with Crippen molar-refractivity contribution in [3.05, 3.63) is 27.4 Å². The summed E-state index contributed by atoms with van der Waals surface area (Å²) in [5, 5.41) is 2.52. The molecule has 1 heterocycles.